The Bertz CT molecular complexity index is 326. The van der Waals surface area contributed by atoms with Crippen LogP contribution in [0.15, 0.2) is 40.8 Å². The maximum absolute atomic E-state index is 5.85. The smallest absolute Gasteiger partial charge is 0.117 e. The summed E-state index contributed by atoms with van der Waals surface area (Å²) in [6.45, 7) is 0. The van der Waals surface area contributed by atoms with Crippen LogP contribution in [-0.2, 0) is 4.74 Å². The first kappa shape index (κ1) is 8.10. The first-order chi connectivity index (χ1) is 6.31. The Hall–Kier alpha value is -1.51. The van der Waals surface area contributed by atoms with Crippen molar-refractivity contribution in [3.63, 3.8) is 0 Å². The summed E-state index contributed by atoms with van der Waals surface area (Å²) in [5.41, 5.74) is 6.62. The Morgan fingerprint density at radius 1 is 1.54 bits per heavy atom. The van der Waals surface area contributed by atoms with E-state index in [-0.39, 0.29) is 12.0 Å². The molecule has 0 saturated heterocycles. The molecule has 0 fully saturated rings. The van der Waals surface area contributed by atoms with Gasteiger partial charge >= 0.3 is 0 Å². The third-order valence-corrected chi connectivity index (χ3v) is 2.27. The Kier molecular flexibility index (Phi) is 1.93. The molecular weight excluding hydrogens is 164 g/mol. The number of methoxy groups -OCH3 is 1. The van der Waals surface area contributed by atoms with E-state index in [4.69, 9.17) is 10.5 Å². The normalized spacial score (nSPS) is 30.5. The lowest BCUT2D eigenvalue weighted by molar-refractivity contribution is 0.298. The minimum absolute atomic E-state index is 0.0731. The molecule has 1 aliphatic carbocycles. The van der Waals surface area contributed by atoms with Crippen LogP contribution in [0.25, 0.3) is 0 Å². The highest BCUT2D eigenvalue weighted by Crippen LogP contribution is 2.26. The van der Waals surface area contributed by atoms with Gasteiger partial charge in [0.05, 0.1) is 13.2 Å². The van der Waals surface area contributed by atoms with Crippen LogP contribution in [0, 0.1) is 5.92 Å². The van der Waals surface area contributed by atoms with Crippen LogP contribution in [0.2, 0.25) is 0 Å². The Balaban J connectivity index is 2.31. The van der Waals surface area contributed by atoms with Crippen molar-refractivity contribution < 1.29 is 4.74 Å². The summed E-state index contributed by atoms with van der Waals surface area (Å²) < 4.78 is 5.13. The van der Waals surface area contributed by atoms with E-state index in [2.05, 4.69) is 11.1 Å². The van der Waals surface area contributed by atoms with Crippen LogP contribution in [0.3, 0.4) is 0 Å². The maximum Gasteiger partial charge on any atom is 0.117 e. The molecule has 2 atom stereocenters. The van der Waals surface area contributed by atoms with Gasteiger partial charge in [-0.2, -0.15) is 0 Å². The SMILES string of the molecule is COC1=CC2C=CC=NC2C(N)=C1. The molecular formula is C10H12N2O. The molecule has 0 saturated carbocycles. The standard InChI is InChI=1S/C10H12N2O/c1-13-8-5-7-3-2-4-12-10(7)9(11)6-8/h2-7,10H,11H2,1H3. The molecule has 2 unspecified atom stereocenters. The van der Waals surface area contributed by atoms with E-state index in [0.29, 0.717) is 0 Å². The lowest BCUT2D eigenvalue weighted by atomic mass is 9.90. The van der Waals surface area contributed by atoms with E-state index < -0.39 is 0 Å². The number of nitrogens with zero attached hydrogens (tertiary/aromatic N) is 1. The van der Waals surface area contributed by atoms with Crippen LogP contribution >= 0.6 is 0 Å². The van der Waals surface area contributed by atoms with E-state index in [1.165, 1.54) is 0 Å². The summed E-state index contributed by atoms with van der Waals surface area (Å²) in [6, 6.07) is 0.0731. The van der Waals surface area contributed by atoms with Crippen molar-refractivity contribution in [3.05, 3.63) is 35.8 Å². The molecule has 13 heavy (non-hydrogen) atoms. The Morgan fingerprint density at radius 2 is 2.38 bits per heavy atom. The van der Waals surface area contributed by atoms with Gasteiger partial charge in [0.1, 0.15) is 5.76 Å². The molecule has 0 spiro atoms. The number of allylic oxidation sites excluding steroid dienone is 2. The van der Waals surface area contributed by atoms with Gasteiger partial charge in [0.25, 0.3) is 0 Å². The molecule has 3 nitrogen and oxygen atoms in total. The van der Waals surface area contributed by atoms with Crippen molar-refractivity contribution in [1.29, 1.82) is 0 Å². The molecule has 0 aromatic heterocycles. The second kappa shape index (κ2) is 3.09. The van der Waals surface area contributed by atoms with E-state index in [0.717, 1.165) is 11.5 Å². The van der Waals surface area contributed by atoms with E-state index in [9.17, 15) is 0 Å². The predicted octanol–water partition coefficient (Wildman–Crippen LogP) is 0.998. The predicted molar refractivity (Wildman–Crippen MR) is 52.3 cm³/mol. The monoisotopic (exact) mass is 176 g/mol. The molecule has 0 aromatic carbocycles. The van der Waals surface area contributed by atoms with Gasteiger partial charge in [-0.05, 0) is 12.2 Å². The second-order valence-electron chi connectivity index (χ2n) is 3.12. The number of aliphatic imine (C=N–C) groups is 1. The second-order valence-corrected chi connectivity index (χ2v) is 3.12. The molecule has 1 heterocycles. The van der Waals surface area contributed by atoms with Crippen molar-refractivity contribution in [2.24, 2.45) is 16.6 Å². The quantitative estimate of drug-likeness (QED) is 0.647. The third kappa shape index (κ3) is 1.37. The number of ether oxygens (including phenoxy) is 1. The van der Waals surface area contributed by atoms with Crippen molar-refractivity contribution in [2.45, 2.75) is 6.04 Å². The molecule has 0 bridgehead atoms. The number of hydrogen-bond donors (Lipinski definition) is 1. The molecule has 0 radical (unpaired) electrons. The van der Waals surface area contributed by atoms with Gasteiger partial charge in [-0.25, -0.2) is 0 Å². The topological polar surface area (TPSA) is 47.6 Å². The minimum Gasteiger partial charge on any atom is -0.497 e. The van der Waals surface area contributed by atoms with Crippen molar-refractivity contribution in [3.8, 4) is 0 Å². The van der Waals surface area contributed by atoms with Gasteiger partial charge in [-0.15, -0.1) is 0 Å². The third-order valence-electron chi connectivity index (χ3n) is 2.27. The molecule has 2 N–H and O–H groups in total. The molecule has 68 valence electrons. The summed E-state index contributed by atoms with van der Waals surface area (Å²) >= 11 is 0. The van der Waals surface area contributed by atoms with E-state index in [1.54, 1.807) is 13.3 Å². The first-order valence-corrected chi connectivity index (χ1v) is 4.24. The van der Waals surface area contributed by atoms with Crippen molar-refractivity contribution in [2.75, 3.05) is 7.11 Å². The number of rotatable bonds is 1. The minimum atomic E-state index is 0.0731. The number of dihydropyridines is 1. The summed E-state index contributed by atoms with van der Waals surface area (Å²) in [4.78, 5) is 4.30. The van der Waals surface area contributed by atoms with Crippen molar-refractivity contribution in [1.82, 2.24) is 0 Å². The lowest BCUT2D eigenvalue weighted by Gasteiger charge is -2.25. The van der Waals surface area contributed by atoms with Crippen LogP contribution in [0.4, 0.5) is 0 Å². The van der Waals surface area contributed by atoms with Crippen LogP contribution in [0.5, 0.6) is 0 Å². The van der Waals surface area contributed by atoms with Gasteiger partial charge in [0.15, 0.2) is 0 Å². The molecule has 2 rings (SSSR count). The summed E-state index contributed by atoms with van der Waals surface area (Å²) in [5, 5.41) is 0. The number of nitrogens with two attached hydrogens (primary N) is 1. The largest absolute Gasteiger partial charge is 0.497 e. The Labute approximate surface area is 77.3 Å². The fourth-order valence-electron chi connectivity index (χ4n) is 1.59. The van der Waals surface area contributed by atoms with E-state index >= 15 is 0 Å². The van der Waals surface area contributed by atoms with Gasteiger partial charge in [0, 0.05) is 23.9 Å². The zero-order valence-corrected chi connectivity index (χ0v) is 7.47. The fourth-order valence-corrected chi connectivity index (χ4v) is 1.59. The van der Waals surface area contributed by atoms with Gasteiger partial charge < -0.3 is 10.5 Å². The van der Waals surface area contributed by atoms with Gasteiger partial charge in [-0.1, -0.05) is 6.08 Å². The number of hydrogen-bond acceptors (Lipinski definition) is 3. The number of fused-ring (bicyclic) bond motifs is 1. The van der Waals surface area contributed by atoms with Gasteiger partial charge in [0.2, 0.25) is 0 Å². The maximum atomic E-state index is 5.85. The first-order valence-electron chi connectivity index (χ1n) is 4.24. The molecule has 1 aliphatic heterocycles. The van der Waals surface area contributed by atoms with E-state index in [1.807, 2.05) is 18.2 Å². The lowest BCUT2D eigenvalue weighted by Crippen LogP contribution is -2.28. The van der Waals surface area contributed by atoms with Crippen LogP contribution in [-0.4, -0.2) is 19.4 Å². The fraction of sp³-hybridized carbons (Fsp3) is 0.300. The van der Waals surface area contributed by atoms with Gasteiger partial charge in [-0.3, -0.25) is 4.99 Å². The molecule has 0 aromatic rings. The summed E-state index contributed by atoms with van der Waals surface area (Å²) in [5.74, 6) is 1.07. The molecule has 3 heteroatoms. The zero-order valence-electron chi connectivity index (χ0n) is 7.47. The highest BCUT2D eigenvalue weighted by molar-refractivity contribution is 5.73. The highest BCUT2D eigenvalue weighted by Gasteiger charge is 2.24. The summed E-state index contributed by atoms with van der Waals surface area (Å²) in [6.07, 6.45) is 9.67. The molecule has 2 aliphatic rings. The average Bonchev–Trinajstić information content (AvgIpc) is 2.18. The average molecular weight is 176 g/mol. The summed E-state index contributed by atoms with van der Waals surface area (Å²) in [7, 11) is 1.64. The zero-order chi connectivity index (χ0) is 9.26. The highest BCUT2D eigenvalue weighted by atomic mass is 16.5. The Morgan fingerprint density at radius 3 is 3.15 bits per heavy atom. The van der Waals surface area contributed by atoms with Crippen LogP contribution < -0.4 is 5.73 Å². The van der Waals surface area contributed by atoms with Crippen molar-refractivity contribution >= 4 is 6.21 Å². The van der Waals surface area contributed by atoms with Crippen LogP contribution in [0.1, 0.15) is 0 Å². The molecule has 0 amide bonds.